The first-order valence-corrected chi connectivity index (χ1v) is 10.6. The fourth-order valence-corrected chi connectivity index (χ4v) is 6.38. The Kier molecular flexibility index (Phi) is 4.53. The van der Waals surface area contributed by atoms with Crippen molar-refractivity contribution in [1.29, 1.82) is 0 Å². The van der Waals surface area contributed by atoms with Crippen LogP contribution in [0.2, 0.25) is 0 Å². The lowest BCUT2D eigenvalue weighted by atomic mass is 9.56. The van der Waals surface area contributed by atoms with Gasteiger partial charge in [0.05, 0.1) is 16.8 Å². The predicted octanol–water partition coefficient (Wildman–Crippen LogP) is 5.10. The van der Waals surface area contributed by atoms with Gasteiger partial charge >= 0.3 is 0 Å². The Balaban J connectivity index is 1.68. The second-order valence-corrected chi connectivity index (χ2v) is 9.67. The van der Waals surface area contributed by atoms with Crippen molar-refractivity contribution in [2.75, 3.05) is 22.9 Å². The number of rotatable bonds is 2. The molecule has 0 saturated heterocycles. The van der Waals surface area contributed by atoms with Crippen molar-refractivity contribution in [1.82, 2.24) is 0 Å². The van der Waals surface area contributed by atoms with Gasteiger partial charge in [0.25, 0.3) is 0 Å². The Morgan fingerprint density at radius 3 is 2.23 bits per heavy atom. The number of amides is 1. The van der Waals surface area contributed by atoms with Crippen LogP contribution in [0.1, 0.15) is 59.8 Å². The SMILES string of the molecule is CC(C)N1CCN(C(=O)C23C[C@H](C)C[C@H](C[C@H](C)C2)C3)c2ccccc21. The van der Waals surface area contributed by atoms with Crippen LogP contribution >= 0.6 is 0 Å². The van der Waals surface area contributed by atoms with Crippen LogP contribution in [0.3, 0.4) is 0 Å². The van der Waals surface area contributed by atoms with Crippen LogP contribution in [0.15, 0.2) is 24.3 Å². The summed E-state index contributed by atoms with van der Waals surface area (Å²) in [5.74, 6) is 2.52. The molecule has 1 amide bonds. The number of hydrogen-bond acceptors (Lipinski definition) is 2. The van der Waals surface area contributed by atoms with Crippen LogP contribution < -0.4 is 9.80 Å². The molecule has 0 spiro atoms. The molecule has 1 aromatic rings. The third kappa shape index (κ3) is 2.93. The van der Waals surface area contributed by atoms with Gasteiger partial charge in [-0.3, -0.25) is 4.79 Å². The molecule has 3 aliphatic rings. The molecule has 0 aromatic heterocycles. The van der Waals surface area contributed by atoms with Crippen molar-refractivity contribution in [3.05, 3.63) is 24.3 Å². The summed E-state index contributed by atoms with van der Waals surface area (Å²) in [4.78, 5) is 18.5. The van der Waals surface area contributed by atoms with Crippen molar-refractivity contribution in [2.45, 2.75) is 65.8 Å². The number of hydrogen-bond donors (Lipinski definition) is 0. The normalized spacial score (nSPS) is 34.0. The van der Waals surface area contributed by atoms with E-state index in [-0.39, 0.29) is 5.41 Å². The number of para-hydroxylation sites is 2. The lowest BCUT2D eigenvalue weighted by Crippen LogP contribution is -2.55. The standard InChI is InChI=1S/C23H34N2O/c1-16(2)24-9-10-25(21-8-6-5-7-20(21)24)22(26)23-13-17(3)11-19(15-23)12-18(4)14-23/h5-8,16-19H,9-15H2,1-4H3/t17-,18+,19-,23?. The van der Waals surface area contributed by atoms with Gasteiger partial charge in [-0.05, 0) is 75.8 Å². The van der Waals surface area contributed by atoms with Gasteiger partial charge < -0.3 is 9.80 Å². The zero-order valence-electron chi connectivity index (χ0n) is 16.9. The van der Waals surface area contributed by atoms with E-state index in [1.165, 1.54) is 18.5 Å². The highest BCUT2D eigenvalue weighted by Gasteiger charge is 2.51. The summed E-state index contributed by atoms with van der Waals surface area (Å²) in [7, 11) is 0. The van der Waals surface area contributed by atoms with Crippen molar-refractivity contribution in [3.8, 4) is 0 Å². The number of carbonyl (C=O) groups is 1. The van der Waals surface area contributed by atoms with Crippen LogP contribution in [0.5, 0.6) is 0 Å². The maximum Gasteiger partial charge on any atom is 0.233 e. The maximum atomic E-state index is 13.9. The van der Waals surface area contributed by atoms with Gasteiger partial charge in [0.1, 0.15) is 0 Å². The molecule has 4 rings (SSSR count). The van der Waals surface area contributed by atoms with E-state index in [1.54, 1.807) is 0 Å². The largest absolute Gasteiger partial charge is 0.366 e. The van der Waals surface area contributed by atoms with Gasteiger partial charge in [0.2, 0.25) is 5.91 Å². The topological polar surface area (TPSA) is 23.6 Å². The second-order valence-electron chi connectivity index (χ2n) is 9.67. The molecule has 4 atom stereocenters. The van der Waals surface area contributed by atoms with Crippen LogP contribution in [-0.2, 0) is 4.79 Å². The number of fused-ring (bicyclic) bond motifs is 3. The molecule has 1 unspecified atom stereocenters. The molecule has 2 fully saturated rings. The van der Waals surface area contributed by atoms with E-state index in [0.29, 0.717) is 23.8 Å². The highest BCUT2D eigenvalue weighted by atomic mass is 16.2. The first kappa shape index (κ1) is 17.9. The molecule has 0 radical (unpaired) electrons. The van der Waals surface area contributed by atoms with Gasteiger partial charge in [-0.2, -0.15) is 0 Å². The van der Waals surface area contributed by atoms with Gasteiger partial charge in [0, 0.05) is 19.1 Å². The summed E-state index contributed by atoms with van der Waals surface area (Å²) in [6.07, 6.45) is 5.92. The molecule has 1 heterocycles. The molecule has 142 valence electrons. The van der Waals surface area contributed by atoms with E-state index in [1.807, 2.05) is 0 Å². The lowest BCUT2D eigenvalue weighted by molar-refractivity contribution is -0.136. The molecule has 0 N–H and O–H groups in total. The minimum atomic E-state index is -0.118. The van der Waals surface area contributed by atoms with Crippen LogP contribution in [0, 0.1) is 23.2 Å². The van der Waals surface area contributed by atoms with Gasteiger partial charge in [-0.15, -0.1) is 0 Å². The van der Waals surface area contributed by atoms with Crippen molar-refractivity contribution in [2.24, 2.45) is 23.2 Å². The van der Waals surface area contributed by atoms with Gasteiger partial charge in [-0.25, -0.2) is 0 Å². The summed E-state index contributed by atoms with van der Waals surface area (Å²) < 4.78 is 0. The Bertz CT molecular complexity index is 663. The third-order valence-corrected chi connectivity index (χ3v) is 7.00. The number of nitrogens with zero attached hydrogens (tertiary/aromatic N) is 2. The van der Waals surface area contributed by atoms with E-state index >= 15 is 0 Å². The van der Waals surface area contributed by atoms with Gasteiger partial charge in [-0.1, -0.05) is 26.0 Å². The minimum absolute atomic E-state index is 0.118. The second kappa shape index (κ2) is 6.58. The average molecular weight is 355 g/mol. The van der Waals surface area contributed by atoms with Crippen LogP contribution in [-0.4, -0.2) is 25.0 Å². The van der Waals surface area contributed by atoms with E-state index in [4.69, 9.17) is 0 Å². The van der Waals surface area contributed by atoms with E-state index in [0.717, 1.165) is 44.0 Å². The highest BCUT2D eigenvalue weighted by molar-refractivity contribution is 6.01. The van der Waals surface area contributed by atoms with E-state index < -0.39 is 0 Å². The Morgan fingerprint density at radius 2 is 1.62 bits per heavy atom. The Hall–Kier alpha value is -1.51. The molecule has 26 heavy (non-hydrogen) atoms. The molecular weight excluding hydrogens is 320 g/mol. The molecule has 2 aliphatic carbocycles. The first-order valence-electron chi connectivity index (χ1n) is 10.6. The van der Waals surface area contributed by atoms with Gasteiger partial charge in [0.15, 0.2) is 0 Å². The predicted molar refractivity (Wildman–Crippen MR) is 109 cm³/mol. The number of benzene rings is 1. The minimum Gasteiger partial charge on any atom is -0.366 e. The Morgan fingerprint density at radius 1 is 1.00 bits per heavy atom. The number of carbonyl (C=O) groups excluding carboxylic acids is 1. The third-order valence-electron chi connectivity index (χ3n) is 7.00. The van der Waals surface area contributed by atoms with Crippen LogP contribution in [0.4, 0.5) is 11.4 Å². The summed E-state index contributed by atoms with van der Waals surface area (Å²) in [6, 6.07) is 8.97. The zero-order chi connectivity index (χ0) is 18.5. The molecule has 3 heteroatoms. The fraction of sp³-hybridized carbons (Fsp3) is 0.696. The fourth-order valence-electron chi connectivity index (χ4n) is 6.38. The smallest absolute Gasteiger partial charge is 0.233 e. The quantitative estimate of drug-likeness (QED) is 0.737. The average Bonchev–Trinajstić information content (AvgIpc) is 2.58. The molecule has 3 nitrogen and oxygen atoms in total. The van der Waals surface area contributed by atoms with Crippen molar-refractivity contribution in [3.63, 3.8) is 0 Å². The summed E-state index contributed by atoms with van der Waals surface area (Å²) >= 11 is 0. The van der Waals surface area contributed by atoms with E-state index in [2.05, 4.69) is 61.8 Å². The lowest BCUT2D eigenvalue weighted by Gasteiger charge is -2.51. The first-order chi connectivity index (χ1) is 12.4. The highest BCUT2D eigenvalue weighted by Crippen LogP contribution is 2.54. The summed E-state index contributed by atoms with van der Waals surface area (Å²) in [5.41, 5.74) is 2.23. The molecule has 2 saturated carbocycles. The molecule has 1 aliphatic heterocycles. The molecule has 1 aromatic carbocycles. The van der Waals surface area contributed by atoms with Crippen molar-refractivity contribution < 1.29 is 4.79 Å². The summed E-state index contributed by atoms with van der Waals surface area (Å²) in [6.45, 7) is 10.9. The van der Waals surface area contributed by atoms with E-state index in [9.17, 15) is 4.79 Å². The zero-order valence-corrected chi connectivity index (χ0v) is 16.9. The summed E-state index contributed by atoms with van der Waals surface area (Å²) in [5, 5.41) is 0. The number of anilines is 2. The molecular formula is C23H34N2O. The Labute approximate surface area is 158 Å². The van der Waals surface area contributed by atoms with Crippen LogP contribution in [0.25, 0.3) is 0 Å². The molecule has 2 bridgehead atoms. The monoisotopic (exact) mass is 354 g/mol. The maximum absolute atomic E-state index is 13.9. The van der Waals surface area contributed by atoms with Crippen molar-refractivity contribution >= 4 is 17.3 Å².